The van der Waals surface area contributed by atoms with Gasteiger partial charge in [-0.1, -0.05) is 11.6 Å². The Bertz CT molecular complexity index is 589. The number of rotatable bonds is 8. The van der Waals surface area contributed by atoms with Crippen LogP contribution < -0.4 is 10.1 Å². The van der Waals surface area contributed by atoms with E-state index >= 15 is 0 Å². The number of nitrogens with one attached hydrogen (secondary N) is 1. The molecule has 1 aliphatic rings. The molecule has 1 fully saturated rings. The number of carbonyl (C=O) groups is 2. The lowest BCUT2D eigenvalue weighted by Gasteiger charge is -2.26. The number of carbonyl (C=O) groups excluding carboxylic acids is 1. The summed E-state index contributed by atoms with van der Waals surface area (Å²) in [6, 6.07) is 4.46. The van der Waals surface area contributed by atoms with Crippen molar-refractivity contribution in [2.45, 2.75) is 38.3 Å². The Morgan fingerprint density at radius 1 is 1.48 bits per heavy atom. The smallest absolute Gasteiger partial charge is 0.326 e. The normalized spacial score (nSPS) is 14.9. The molecule has 0 heterocycles. The topological polar surface area (TPSA) is 78.9 Å². The first-order valence-corrected chi connectivity index (χ1v) is 7.93. The number of aliphatic carboxylic acids is 1. The van der Waals surface area contributed by atoms with E-state index in [-0.39, 0.29) is 18.4 Å². The molecular weight excluding hydrogens is 320 g/mol. The van der Waals surface area contributed by atoms with E-state index in [1.165, 1.54) is 4.90 Å². The molecule has 23 heavy (non-hydrogen) atoms. The molecular formula is C16H21ClN2O4. The molecule has 1 aromatic carbocycles. The largest absolute Gasteiger partial charge is 0.495 e. The van der Waals surface area contributed by atoms with Gasteiger partial charge in [-0.15, -0.1) is 0 Å². The summed E-state index contributed by atoms with van der Waals surface area (Å²) < 4.78 is 5.23. The quantitative estimate of drug-likeness (QED) is 0.760. The zero-order valence-corrected chi connectivity index (χ0v) is 14.0. The van der Waals surface area contributed by atoms with Crippen LogP contribution in [-0.4, -0.2) is 47.6 Å². The molecule has 2 rings (SSSR count). The third-order valence-electron chi connectivity index (χ3n) is 3.82. The van der Waals surface area contributed by atoms with Crippen LogP contribution in [-0.2, 0) is 9.59 Å². The Labute approximate surface area is 140 Å². The first-order valence-electron chi connectivity index (χ1n) is 7.55. The molecule has 0 spiro atoms. The third kappa shape index (κ3) is 4.51. The molecule has 1 aromatic rings. The average Bonchev–Trinajstić information content (AvgIpc) is 3.32. The Balaban J connectivity index is 1.93. The number of ether oxygens (including phenoxy) is 1. The molecule has 1 amide bonds. The fourth-order valence-electron chi connectivity index (χ4n) is 2.46. The van der Waals surface area contributed by atoms with Crippen molar-refractivity contribution in [2.24, 2.45) is 0 Å². The second kappa shape index (κ2) is 7.55. The van der Waals surface area contributed by atoms with Crippen LogP contribution in [0, 0.1) is 0 Å². The van der Waals surface area contributed by atoms with Crippen LogP contribution >= 0.6 is 11.6 Å². The summed E-state index contributed by atoms with van der Waals surface area (Å²) in [5, 5.41) is 12.8. The second-order valence-electron chi connectivity index (χ2n) is 5.57. The Morgan fingerprint density at radius 3 is 2.74 bits per heavy atom. The zero-order chi connectivity index (χ0) is 17.0. The summed E-state index contributed by atoms with van der Waals surface area (Å²) in [5.41, 5.74) is 0.706. The van der Waals surface area contributed by atoms with Gasteiger partial charge in [0.2, 0.25) is 5.91 Å². The molecule has 0 radical (unpaired) electrons. The molecule has 0 saturated heterocycles. The van der Waals surface area contributed by atoms with Crippen molar-refractivity contribution >= 4 is 29.2 Å². The third-order valence-corrected chi connectivity index (χ3v) is 4.05. The van der Waals surface area contributed by atoms with Crippen LogP contribution in [0.5, 0.6) is 5.75 Å². The molecule has 126 valence electrons. The van der Waals surface area contributed by atoms with E-state index in [0.29, 0.717) is 23.0 Å². The minimum absolute atomic E-state index is 0.0642. The maximum absolute atomic E-state index is 12.3. The average molecular weight is 341 g/mol. The van der Waals surface area contributed by atoms with Crippen LogP contribution in [0.15, 0.2) is 18.2 Å². The highest BCUT2D eigenvalue weighted by atomic mass is 35.5. The maximum Gasteiger partial charge on any atom is 0.326 e. The van der Waals surface area contributed by atoms with E-state index in [0.717, 1.165) is 12.8 Å². The van der Waals surface area contributed by atoms with E-state index in [9.17, 15) is 9.59 Å². The van der Waals surface area contributed by atoms with Gasteiger partial charge >= 0.3 is 5.97 Å². The highest BCUT2D eigenvalue weighted by Crippen LogP contribution is 2.30. The van der Waals surface area contributed by atoms with Gasteiger partial charge in [-0.3, -0.25) is 4.79 Å². The molecule has 0 aliphatic heterocycles. The Morgan fingerprint density at radius 2 is 2.17 bits per heavy atom. The highest BCUT2D eigenvalue weighted by molar-refractivity contribution is 6.30. The molecule has 2 N–H and O–H groups in total. The number of benzene rings is 1. The number of halogens is 1. The predicted octanol–water partition coefficient (Wildman–Crippen LogP) is 2.61. The zero-order valence-electron chi connectivity index (χ0n) is 13.2. The SMILES string of the molecule is COc1ccc(Cl)cc1NCCC(=O)N(C1CC1)C(C)C(=O)O. The summed E-state index contributed by atoms with van der Waals surface area (Å²) in [6.45, 7) is 1.93. The van der Waals surface area contributed by atoms with E-state index < -0.39 is 12.0 Å². The van der Waals surface area contributed by atoms with Crippen molar-refractivity contribution in [1.82, 2.24) is 4.90 Å². The molecule has 1 aliphatic carbocycles. The molecule has 1 unspecified atom stereocenters. The van der Waals surface area contributed by atoms with Crippen molar-refractivity contribution in [3.8, 4) is 5.75 Å². The van der Waals surface area contributed by atoms with Gasteiger partial charge in [-0.25, -0.2) is 4.79 Å². The van der Waals surface area contributed by atoms with E-state index in [1.54, 1.807) is 32.2 Å². The lowest BCUT2D eigenvalue weighted by molar-refractivity contribution is -0.149. The summed E-state index contributed by atoms with van der Waals surface area (Å²) in [5.74, 6) is -0.495. The van der Waals surface area contributed by atoms with Gasteiger partial charge in [0.1, 0.15) is 11.8 Å². The van der Waals surface area contributed by atoms with Crippen molar-refractivity contribution < 1.29 is 19.4 Å². The van der Waals surface area contributed by atoms with Crippen LogP contribution in [0.3, 0.4) is 0 Å². The lowest BCUT2D eigenvalue weighted by Crippen LogP contribution is -2.45. The number of nitrogens with zero attached hydrogens (tertiary/aromatic N) is 1. The minimum atomic E-state index is -0.977. The van der Waals surface area contributed by atoms with Crippen molar-refractivity contribution in [3.63, 3.8) is 0 Å². The number of carboxylic acids is 1. The first kappa shape index (κ1) is 17.4. The summed E-state index contributed by atoms with van der Waals surface area (Å²) >= 11 is 5.96. The van der Waals surface area contributed by atoms with Gasteiger partial charge in [0, 0.05) is 24.0 Å². The Kier molecular flexibility index (Phi) is 5.71. The number of anilines is 1. The summed E-state index contributed by atoms with van der Waals surface area (Å²) in [6.07, 6.45) is 1.96. The van der Waals surface area contributed by atoms with Gasteiger partial charge in [0.05, 0.1) is 12.8 Å². The monoisotopic (exact) mass is 340 g/mol. The fraction of sp³-hybridized carbons (Fsp3) is 0.500. The van der Waals surface area contributed by atoms with Crippen LogP contribution in [0.25, 0.3) is 0 Å². The summed E-state index contributed by atoms with van der Waals surface area (Å²) in [7, 11) is 1.56. The van der Waals surface area contributed by atoms with Crippen molar-refractivity contribution in [2.75, 3.05) is 19.0 Å². The van der Waals surface area contributed by atoms with E-state index in [4.69, 9.17) is 21.4 Å². The van der Waals surface area contributed by atoms with Crippen molar-refractivity contribution in [3.05, 3.63) is 23.2 Å². The maximum atomic E-state index is 12.3. The molecule has 0 bridgehead atoms. The lowest BCUT2D eigenvalue weighted by atomic mass is 10.2. The molecule has 1 atom stereocenters. The highest BCUT2D eigenvalue weighted by Gasteiger charge is 2.37. The van der Waals surface area contributed by atoms with Gasteiger partial charge in [-0.2, -0.15) is 0 Å². The number of hydrogen-bond acceptors (Lipinski definition) is 4. The van der Waals surface area contributed by atoms with Crippen molar-refractivity contribution in [1.29, 1.82) is 0 Å². The predicted molar refractivity (Wildman–Crippen MR) is 88.1 cm³/mol. The second-order valence-corrected chi connectivity index (χ2v) is 6.00. The minimum Gasteiger partial charge on any atom is -0.495 e. The molecule has 0 aromatic heterocycles. The summed E-state index contributed by atoms with van der Waals surface area (Å²) in [4.78, 5) is 25.0. The number of hydrogen-bond donors (Lipinski definition) is 2. The van der Waals surface area contributed by atoms with Crippen LogP contribution in [0.2, 0.25) is 5.02 Å². The number of carboxylic acid groups (broad SMARTS) is 1. The van der Waals surface area contributed by atoms with Crippen LogP contribution in [0.1, 0.15) is 26.2 Å². The molecule has 7 heteroatoms. The number of methoxy groups -OCH3 is 1. The van der Waals surface area contributed by atoms with Gasteiger partial charge in [0.25, 0.3) is 0 Å². The van der Waals surface area contributed by atoms with E-state index in [1.807, 2.05) is 0 Å². The molecule has 1 saturated carbocycles. The van der Waals surface area contributed by atoms with Gasteiger partial charge < -0.3 is 20.1 Å². The van der Waals surface area contributed by atoms with Crippen LogP contribution in [0.4, 0.5) is 5.69 Å². The Hall–Kier alpha value is -1.95. The first-order chi connectivity index (χ1) is 10.9. The van der Waals surface area contributed by atoms with Gasteiger partial charge in [0.15, 0.2) is 0 Å². The van der Waals surface area contributed by atoms with Gasteiger partial charge in [-0.05, 0) is 38.0 Å². The molecule has 6 nitrogen and oxygen atoms in total. The fourth-order valence-corrected chi connectivity index (χ4v) is 2.63. The number of amides is 1. The standard InChI is InChI=1S/C16H21ClN2O4/c1-10(16(21)22)19(12-4-5-12)15(20)7-8-18-13-9-11(17)3-6-14(13)23-2/h3,6,9-10,12,18H,4-5,7-8H2,1-2H3,(H,21,22). The van der Waals surface area contributed by atoms with E-state index in [2.05, 4.69) is 5.32 Å².